The predicted molar refractivity (Wildman–Crippen MR) is 83.0 cm³/mol. The van der Waals surface area contributed by atoms with Crippen molar-refractivity contribution in [2.24, 2.45) is 0 Å². The summed E-state index contributed by atoms with van der Waals surface area (Å²) in [6.45, 7) is 7.80. The van der Waals surface area contributed by atoms with E-state index in [1.54, 1.807) is 12.1 Å². The maximum Gasteiger partial charge on any atom is 0.269 e. The summed E-state index contributed by atoms with van der Waals surface area (Å²) in [7, 11) is 0. The Morgan fingerprint density at radius 1 is 1.33 bits per heavy atom. The van der Waals surface area contributed by atoms with Crippen LogP contribution in [0.3, 0.4) is 0 Å². The Bertz CT molecular complexity index is 518. The topological polar surface area (TPSA) is 70.2 Å². The van der Waals surface area contributed by atoms with Crippen LogP contribution in [0.4, 0.5) is 5.69 Å². The predicted octanol–water partition coefficient (Wildman–Crippen LogP) is 3.54. The number of nitriles is 1. The second-order valence-corrected chi connectivity index (χ2v) is 5.48. The SMILES string of the molecule is CCCN(CCC)C(C)(C#N)Cc1cccc([N+](=O)[O-])c1. The minimum Gasteiger partial charge on any atom is -0.286 e. The van der Waals surface area contributed by atoms with Crippen LogP contribution in [0.5, 0.6) is 0 Å². The van der Waals surface area contributed by atoms with E-state index in [9.17, 15) is 15.4 Å². The summed E-state index contributed by atoms with van der Waals surface area (Å²) in [5.74, 6) is 0. The molecule has 0 N–H and O–H groups in total. The van der Waals surface area contributed by atoms with Crippen molar-refractivity contribution in [3.05, 3.63) is 39.9 Å². The highest BCUT2D eigenvalue weighted by atomic mass is 16.6. The maximum atomic E-state index is 10.9. The van der Waals surface area contributed by atoms with E-state index in [1.165, 1.54) is 6.07 Å². The van der Waals surface area contributed by atoms with E-state index >= 15 is 0 Å². The molecular formula is C16H23N3O2. The molecule has 0 saturated heterocycles. The first kappa shape index (κ1) is 17.1. The van der Waals surface area contributed by atoms with Gasteiger partial charge in [0.2, 0.25) is 0 Å². The van der Waals surface area contributed by atoms with Gasteiger partial charge in [-0.3, -0.25) is 15.0 Å². The van der Waals surface area contributed by atoms with Gasteiger partial charge in [0, 0.05) is 18.6 Å². The van der Waals surface area contributed by atoms with Gasteiger partial charge in [0.1, 0.15) is 5.54 Å². The second kappa shape index (κ2) is 7.75. The van der Waals surface area contributed by atoms with Crippen molar-refractivity contribution in [2.75, 3.05) is 13.1 Å². The van der Waals surface area contributed by atoms with Crippen LogP contribution in [0, 0.1) is 21.4 Å². The third kappa shape index (κ3) is 4.54. The Kier molecular flexibility index (Phi) is 6.32. The molecule has 1 atom stereocenters. The number of benzene rings is 1. The smallest absolute Gasteiger partial charge is 0.269 e. The molecule has 21 heavy (non-hydrogen) atoms. The first-order valence-corrected chi connectivity index (χ1v) is 7.36. The molecule has 0 aliphatic rings. The zero-order valence-corrected chi connectivity index (χ0v) is 13.0. The number of non-ortho nitro benzene ring substituents is 1. The standard InChI is InChI=1S/C16H23N3O2/c1-4-9-18(10-5-2)16(3,13-17)12-14-7-6-8-15(11-14)19(20)21/h6-8,11H,4-5,9-10,12H2,1-3H3. The van der Waals surface area contributed by atoms with Gasteiger partial charge in [-0.15, -0.1) is 0 Å². The Morgan fingerprint density at radius 2 is 1.95 bits per heavy atom. The number of nitro groups is 1. The number of nitrogens with zero attached hydrogens (tertiary/aromatic N) is 3. The molecule has 0 spiro atoms. The summed E-state index contributed by atoms with van der Waals surface area (Å²) in [5.41, 5.74) is 0.261. The van der Waals surface area contributed by atoms with Crippen molar-refractivity contribution in [1.82, 2.24) is 4.90 Å². The first-order chi connectivity index (χ1) is 9.96. The third-order valence-corrected chi connectivity index (χ3v) is 3.60. The molecule has 0 saturated carbocycles. The van der Waals surface area contributed by atoms with Crippen LogP contribution >= 0.6 is 0 Å². The number of hydrogen-bond donors (Lipinski definition) is 0. The van der Waals surface area contributed by atoms with Crippen molar-refractivity contribution in [3.8, 4) is 6.07 Å². The lowest BCUT2D eigenvalue weighted by atomic mass is 9.91. The van der Waals surface area contributed by atoms with Crippen molar-refractivity contribution >= 4 is 5.69 Å². The number of rotatable bonds is 8. The van der Waals surface area contributed by atoms with Gasteiger partial charge in [-0.2, -0.15) is 5.26 Å². The summed E-state index contributed by atoms with van der Waals surface area (Å²) >= 11 is 0. The third-order valence-electron chi connectivity index (χ3n) is 3.60. The zero-order chi connectivity index (χ0) is 15.9. The average molecular weight is 289 g/mol. The monoisotopic (exact) mass is 289 g/mol. The van der Waals surface area contributed by atoms with Crippen LogP contribution in [0.25, 0.3) is 0 Å². The minimum atomic E-state index is -0.638. The Hall–Kier alpha value is -1.93. The summed E-state index contributed by atoms with van der Waals surface area (Å²) in [5, 5.41) is 20.5. The van der Waals surface area contributed by atoms with Crippen LogP contribution < -0.4 is 0 Å². The Balaban J connectivity index is 3.01. The van der Waals surface area contributed by atoms with E-state index in [1.807, 2.05) is 13.0 Å². The average Bonchev–Trinajstić information content (AvgIpc) is 2.47. The summed E-state index contributed by atoms with van der Waals surface area (Å²) in [4.78, 5) is 12.6. The summed E-state index contributed by atoms with van der Waals surface area (Å²) < 4.78 is 0. The highest BCUT2D eigenvalue weighted by Crippen LogP contribution is 2.23. The molecule has 0 heterocycles. The molecule has 5 nitrogen and oxygen atoms in total. The maximum absolute atomic E-state index is 10.9. The number of nitro benzene ring substituents is 1. The molecule has 0 fully saturated rings. The summed E-state index contributed by atoms with van der Waals surface area (Å²) in [6.07, 6.45) is 2.45. The molecule has 1 aromatic carbocycles. The molecule has 0 amide bonds. The lowest BCUT2D eigenvalue weighted by Crippen LogP contribution is -2.47. The molecular weight excluding hydrogens is 266 g/mol. The van der Waals surface area contributed by atoms with Crippen molar-refractivity contribution in [3.63, 3.8) is 0 Å². The fourth-order valence-corrected chi connectivity index (χ4v) is 2.54. The molecule has 0 bridgehead atoms. The van der Waals surface area contributed by atoms with E-state index in [-0.39, 0.29) is 5.69 Å². The van der Waals surface area contributed by atoms with E-state index in [0.717, 1.165) is 31.5 Å². The van der Waals surface area contributed by atoms with Gasteiger partial charge < -0.3 is 0 Å². The van der Waals surface area contributed by atoms with Gasteiger partial charge >= 0.3 is 0 Å². The fraction of sp³-hybridized carbons (Fsp3) is 0.562. The molecule has 1 unspecified atom stereocenters. The molecule has 0 radical (unpaired) electrons. The summed E-state index contributed by atoms with van der Waals surface area (Å²) in [6, 6.07) is 8.96. The van der Waals surface area contributed by atoms with E-state index < -0.39 is 10.5 Å². The molecule has 5 heteroatoms. The molecule has 0 aliphatic heterocycles. The van der Waals surface area contributed by atoms with E-state index in [0.29, 0.717) is 6.42 Å². The van der Waals surface area contributed by atoms with E-state index in [2.05, 4.69) is 24.8 Å². The highest BCUT2D eigenvalue weighted by Gasteiger charge is 2.31. The van der Waals surface area contributed by atoms with Crippen LogP contribution in [-0.4, -0.2) is 28.5 Å². The molecule has 1 rings (SSSR count). The van der Waals surface area contributed by atoms with Gasteiger partial charge in [-0.05, 0) is 38.4 Å². The minimum absolute atomic E-state index is 0.0744. The van der Waals surface area contributed by atoms with Gasteiger partial charge in [0.25, 0.3) is 5.69 Å². The van der Waals surface area contributed by atoms with Crippen LogP contribution in [0.2, 0.25) is 0 Å². The van der Waals surface area contributed by atoms with E-state index in [4.69, 9.17) is 0 Å². The van der Waals surface area contributed by atoms with Crippen molar-refractivity contribution < 1.29 is 4.92 Å². The van der Waals surface area contributed by atoms with Gasteiger partial charge in [0.05, 0.1) is 11.0 Å². The van der Waals surface area contributed by atoms with Crippen LogP contribution in [-0.2, 0) is 6.42 Å². The van der Waals surface area contributed by atoms with Gasteiger partial charge in [-0.1, -0.05) is 26.0 Å². The molecule has 0 aliphatic carbocycles. The Morgan fingerprint density at radius 3 is 2.43 bits per heavy atom. The number of hydrogen-bond acceptors (Lipinski definition) is 4. The zero-order valence-electron chi connectivity index (χ0n) is 13.0. The quantitative estimate of drug-likeness (QED) is 0.542. The van der Waals surface area contributed by atoms with Gasteiger partial charge in [-0.25, -0.2) is 0 Å². The lowest BCUT2D eigenvalue weighted by Gasteiger charge is -2.36. The normalized spacial score (nSPS) is 13.7. The largest absolute Gasteiger partial charge is 0.286 e. The lowest BCUT2D eigenvalue weighted by molar-refractivity contribution is -0.384. The van der Waals surface area contributed by atoms with Crippen molar-refractivity contribution in [1.29, 1.82) is 5.26 Å². The molecule has 1 aromatic rings. The molecule has 0 aromatic heterocycles. The van der Waals surface area contributed by atoms with Crippen LogP contribution in [0.15, 0.2) is 24.3 Å². The highest BCUT2D eigenvalue weighted by molar-refractivity contribution is 5.35. The van der Waals surface area contributed by atoms with Gasteiger partial charge in [0.15, 0.2) is 0 Å². The first-order valence-electron chi connectivity index (χ1n) is 7.36. The fourth-order valence-electron chi connectivity index (χ4n) is 2.54. The molecule has 114 valence electrons. The van der Waals surface area contributed by atoms with Crippen LogP contribution in [0.1, 0.15) is 39.2 Å². The second-order valence-electron chi connectivity index (χ2n) is 5.48. The van der Waals surface area contributed by atoms with Crippen molar-refractivity contribution in [2.45, 2.75) is 45.6 Å². The Labute approximate surface area is 126 Å².